The van der Waals surface area contributed by atoms with E-state index in [4.69, 9.17) is 15.7 Å². The van der Waals surface area contributed by atoms with E-state index in [9.17, 15) is 5.11 Å². The first-order valence-corrected chi connectivity index (χ1v) is 11.6. The van der Waals surface area contributed by atoms with E-state index in [0.717, 1.165) is 40.8 Å². The number of nitrogens with one attached hydrogen (secondary N) is 2. The summed E-state index contributed by atoms with van der Waals surface area (Å²) in [4.78, 5) is 14.2. The Bertz CT molecular complexity index is 1060. The van der Waals surface area contributed by atoms with Gasteiger partial charge in [-0.25, -0.2) is 4.98 Å². The highest BCUT2D eigenvalue weighted by Gasteiger charge is 2.21. The maximum atomic E-state index is 10.0. The van der Waals surface area contributed by atoms with Gasteiger partial charge in [-0.2, -0.15) is 9.97 Å². The van der Waals surface area contributed by atoms with Crippen LogP contribution in [0.25, 0.3) is 11.2 Å². The molecule has 32 heavy (non-hydrogen) atoms. The number of nitrogens with two attached hydrogens (primary N) is 1. The van der Waals surface area contributed by atoms with Crippen LogP contribution in [-0.4, -0.2) is 36.8 Å². The number of aliphatic hydroxyl groups is 1. The molecule has 3 aromatic rings. The van der Waals surface area contributed by atoms with Crippen LogP contribution in [0.15, 0.2) is 24.5 Å². The Balaban J connectivity index is 1.63. The number of imidazole rings is 1. The molecule has 1 aliphatic carbocycles. The third kappa shape index (κ3) is 5.30. The van der Waals surface area contributed by atoms with Crippen molar-refractivity contribution in [2.45, 2.75) is 77.5 Å². The summed E-state index contributed by atoms with van der Waals surface area (Å²) in [5.74, 6) is 1.23. The molecule has 4 rings (SSSR count). The zero-order valence-corrected chi connectivity index (χ0v) is 19.4. The van der Waals surface area contributed by atoms with Crippen LogP contribution in [0.3, 0.4) is 0 Å². The molecule has 1 aliphatic rings. The largest absolute Gasteiger partial charge is 0.398 e. The van der Waals surface area contributed by atoms with E-state index in [1.165, 1.54) is 19.3 Å². The molecule has 0 saturated heterocycles. The molecule has 0 unspecified atom stereocenters. The minimum absolute atomic E-state index is 0.425. The van der Waals surface area contributed by atoms with Crippen LogP contribution in [0.4, 0.5) is 17.5 Å². The number of anilines is 3. The number of fused-ring (bicyclic) bond motifs is 1. The lowest BCUT2D eigenvalue weighted by Crippen LogP contribution is -2.23. The van der Waals surface area contributed by atoms with Crippen LogP contribution < -0.4 is 16.4 Å². The lowest BCUT2D eigenvalue weighted by molar-refractivity contribution is 0.0748. The van der Waals surface area contributed by atoms with E-state index in [2.05, 4.69) is 26.3 Å². The van der Waals surface area contributed by atoms with Crippen molar-refractivity contribution in [3.05, 3.63) is 35.7 Å². The van der Waals surface area contributed by atoms with Gasteiger partial charge in [0.2, 0.25) is 5.95 Å². The van der Waals surface area contributed by atoms with Crippen molar-refractivity contribution in [3.8, 4) is 0 Å². The molecule has 2 aromatic heterocycles. The summed E-state index contributed by atoms with van der Waals surface area (Å²) in [5, 5.41) is 16.8. The average Bonchev–Trinajstić information content (AvgIpc) is 3.17. The van der Waals surface area contributed by atoms with Gasteiger partial charge in [0.1, 0.15) is 0 Å². The Kier molecular flexibility index (Phi) is 6.50. The minimum Gasteiger partial charge on any atom is -0.398 e. The van der Waals surface area contributed by atoms with Gasteiger partial charge in [0.25, 0.3) is 0 Å². The molecule has 8 nitrogen and oxygen atoms in total. The van der Waals surface area contributed by atoms with E-state index in [1.54, 1.807) is 13.8 Å². The summed E-state index contributed by atoms with van der Waals surface area (Å²) in [5.41, 5.74) is 10.0. The van der Waals surface area contributed by atoms with Gasteiger partial charge in [-0.3, -0.25) is 0 Å². The Morgan fingerprint density at radius 3 is 2.66 bits per heavy atom. The fourth-order valence-electron chi connectivity index (χ4n) is 4.28. The van der Waals surface area contributed by atoms with E-state index in [-0.39, 0.29) is 0 Å². The molecule has 1 aromatic carbocycles. The summed E-state index contributed by atoms with van der Waals surface area (Å²) in [6.45, 7) is 6.77. The zero-order valence-electron chi connectivity index (χ0n) is 19.4. The number of aryl methyl sites for hydroxylation is 1. The predicted molar refractivity (Wildman–Crippen MR) is 130 cm³/mol. The Hall–Kier alpha value is -2.87. The Morgan fingerprint density at radius 2 is 1.94 bits per heavy atom. The van der Waals surface area contributed by atoms with Crippen LogP contribution in [0.1, 0.15) is 69.5 Å². The van der Waals surface area contributed by atoms with Crippen molar-refractivity contribution >= 4 is 28.6 Å². The van der Waals surface area contributed by atoms with Crippen LogP contribution in [0.5, 0.6) is 0 Å². The van der Waals surface area contributed by atoms with Gasteiger partial charge in [-0.15, -0.1) is 0 Å². The molecule has 2 heterocycles. The van der Waals surface area contributed by atoms with Crippen molar-refractivity contribution in [2.75, 3.05) is 22.9 Å². The van der Waals surface area contributed by atoms with Crippen LogP contribution in [0.2, 0.25) is 0 Å². The summed E-state index contributed by atoms with van der Waals surface area (Å²) in [6.07, 6.45) is 8.58. The second kappa shape index (κ2) is 9.32. The number of rotatable bonds is 8. The maximum absolute atomic E-state index is 10.0. The van der Waals surface area contributed by atoms with Gasteiger partial charge in [-0.05, 0) is 57.2 Å². The van der Waals surface area contributed by atoms with Crippen LogP contribution in [0, 0.1) is 6.92 Å². The first-order valence-electron chi connectivity index (χ1n) is 11.6. The van der Waals surface area contributed by atoms with Crippen molar-refractivity contribution in [1.82, 2.24) is 19.5 Å². The van der Waals surface area contributed by atoms with Gasteiger partial charge >= 0.3 is 0 Å². The second-order valence-electron chi connectivity index (χ2n) is 9.56. The molecule has 0 radical (unpaired) electrons. The van der Waals surface area contributed by atoms with E-state index < -0.39 is 5.60 Å². The summed E-state index contributed by atoms with van der Waals surface area (Å²) in [7, 11) is 0. The highest BCUT2D eigenvalue weighted by atomic mass is 16.3. The molecule has 0 aliphatic heterocycles. The molecule has 8 heteroatoms. The number of nitrogen functional groups attached to an aromatic ring is 1. The molecule has 0 amide bonds. The number of aromatic nitrogens is 4. The van der Waals surface area contributed by atoms with E-state index in [1.807, 2.05) is 25.4 Å². The highest BCUT2D eigenvalue weighted by molar-refractivity contribution is 5.84. The van der Waals surface area contributed by atoms with Crippen molar-refractivity contribution in [2.24, 2.45) is 0 Å². The van der Waals surface area contributed by atoms with E-state index in [0.29, 0.717) is 37.3 Å². The van der Waals surface area contributed by atoms with Gasteiger partial charge < -0.3 is 26.0 Å². The van der Waals surface area contributed by atoms with E-state index >= 15 is 0 Å². The topological polar surface area (TPSA) is 114 Å². The standard InChI is InChI=1S/C24H35N7O/c1-16-9-10-17(19(25)13-16)14-27-21-20-22(30-23(29-21)26-12-11-24(2,3)32)31(15-28-20)18-7-5-4-6-8-18/h9-10,13,15,18,32H,4-8,11-12,14,25H2,1-3H3,(H2,26,27,29,30). The predicted octanol–water partition coefficient (Wildman–Crippen LogP) is 4.41. The van der Waals surface area contributed by atoms with Crippen molar-refractivity contribution in [1.29, 1.82) is 0 Å². The number of hydrogen-bond donors (Lipinski definition) is 4. The lowest BCUT2D eigenvalue weighted by Gasteiger charge is -2.23. The average molecular weight is 438 g/mol. The lowest BCUT2D eigenvalue weighted by atomic mass is 9.95. The normalized spacial score (nSPS) is 15.2. The molecular formula is C24H35N7O. The third-order valence-electron chi connectivity index (χ3n) is 6.16. The third-order valence-corrected chi connectivity index (χ3v) is 6.16. The molecule has 1 fully saturated rings. The molecule has 0 spiro atoms. The molecular weight excluding hydrogens is 402 g/mol. The fourth-order valence-corrected chi connectivity index (χ4v) is 4.28. The minimum atomic E-state index is -0.745. The van der Waals surface area contributed by atoms with Gasteiger partial charge in [0.05, 0.1) is 11.9 Å². The first kappa shape index (κ1) is 22.3. The highest BCUT2D eigenvalue weighted by Crippen LogP contribution is 2.32. The second-order valence-corrected chi connectivity index (χ2v) is 9.56. The molecule has 5 N–H and O–H groups in total. The van der Waals surface area contributed by atoms with Crippen LogP contribution >= 0.6 is 0 Å². The number of benzene rings is 1. The van der Waals surface area contributed by atoms with Crippen molar-refractivity contribution < 1.29 is 5.11 Å². The molecule has 172 valence electrons. The van der Waals surface area contributed by atoms with Crippen LogP contribution in [-0.2, 0) is 6.54 Å². The Labute approximate surface area is 189 Å². The maximum Gasteiger partial charge on any atom is 0.226 e. The monoisotopic (exact) mass is 437 g/mol. The SMILES string of the molecule is Cc1ccc(CNc2nc(NCCC(C)(C)O)nc3c2ncn3C2CCCCC2)c(N)c1. The summed E-state index contributed by atoms with van der Waals surface area (Å²) in [6, 6.07) is 6.51. The molecule has 0 bridgehead atoms. The first-order chi connectivity index (χ1) is 15.3. The Morgan fingerprint density at radius 1 is 1.16 bits per heavy atom. The summed E-state index contributed by atoms with van der Waals surface area (Å²) < 4.78 is 2.21. The van der Waals surface area contributed by atoms with Gasteiger partial charge in [-0.1, -0.05) is 31.4 Å². The van der Waals surface area contributed by atoms with Gasteiger partial charge in [0.15, 0.2) is 17.0 Å². The van der Waals surface area contributed by atoms with Gasteiger partial charge in [0, 0.05) is 24.8 Å². The molecule has 1 saturated carbocycles. The summed E-state index contributed by atoms with van der Waals surface area (Å²) >= 11 is 0. The number of nitrogens with zero attached hydrogens (tertiary/aromatic N) is 4. The van der Waals surface area contributed by atoms with Crippen molar-refractivity contribution in [3.63, 3.8) is 0 Å². The number of hydrogen-bond acceptors (Lipinski definition) is 7. The zero-order chi connectivity index (χ0) is 22.7. The smallest absolute Gasteiger partial charge is 0.226 e. The fraction of sp³-hybridized carbons (Fsp3) is 0.542. The molecule has 0 atom stereocenters. The quantitative estimate of drug-likeness (QED) is 0.386.